The van der Waals surface area contributed by atoms with E-state index in [2.05, 4.69) is 10.0 Å². The van der Waals surface area contributed by atoms with Gasteiger partial charge in [0.2, 0.25) is 10.0 Å². The molecule has 0 radical (unpaired) electrons. The van der Waals surface area contributed by atoms with Gasteiger partial charge in [-0.1, -0.05) is 12.8 Å². The Morgan fingerprint density at radius 2 is 1.95 bits per heavy atom. The number of nitro groups is 1. The maximum Gasteiger partial charge on any atom is 0.293 e. The number of hydrogen-bond acceptors (Lipinski definition) is 5. The third-order valence-corrected chi connectivity index (χ3v) is 4.94. The molecule has 2 N–H and O–H groups in total. The molecule has 110 valence electrons. The minimum Gasteiger partial charge on any atom is -0.383 e. The van der Waals surface area contributed by atoms with E-state index in [1.807, 2.05) is 0 Å². The highest BCUT2D eigenvalue weighted by Gasteiger charge is 2.25. The lowest BCUT2D eigenvalue weighted by Gasteiger charge is -2.13. The van der Waals surface area contributed by atoms with Gasteiger partial charge in [-0.15, -0.1) is 0 Å². The maximum atomic E-state index is 12.2. The smallest absolute Gasteiger partial charge is 0.293 e. The second-order valence-corrected chi connectivity index (χ2v) is 6.50. The molecular formula is C12H17N3O4S. The molecule has 0 aliphatic heterocycles. The molecule has 1 saturated carbocycles. The molecule has 0 heterocycles. The third kappa shape index (κ3) is 3.07. The van der Waals surface area contributed by atoms with Crippen LogP contribution in [-0.2, 0) is 10.0 Å². The van der Waals surface area contributed by atoms with Crippen LogP contribution in [0.5, 0.6) is 0 Å². The van der Waals surface area contributed by atoms with Gasteiger partial charge in [-0.05, 0) is 25.0 Å². The molecule has 0 amide bonds. The summed E-state index contributed by atoms with van der Waals surface area (Å²) in [5.74, 6) is 0. The lowest BCUT2D eigenvalue weighted by molar-refractivity contribution is -0.384. The zero-order chi connectivity index (χ0) is 14.8. The van der Waals surface area contributed by atoms with Crippen molar-refractivity contribution in [1.82, 2.24) is 4.72 Å². The quantitative estimate of drug-likeness (QED) is 0.638. The number of nitro benzene ring substituents is 1. The number of sulfonamides is 1. The van der Waals surface area contributed by atoms with E-state index in [0.717, 1.165) is 31.7 Å². The number of rotatable bonds is 5. The highest BCUT2D eigenvalue weighted by atomic mass is 32.2. The fraction of sp³-hybridized carbons (Fsp3) is 0.500. The van der Waals surface area contributed by atoms with Crippen molar-refractivity contribution in [3.63, 3.8) is 0 Å². The summed E-state index contributed by atoms with van der Waals surface area (Å²) in [5.41, 5.74) is 0.0385. The van der Waals surface area contributed by atoms with Gasteiger partial charge in [-0.25, -0.2) is 13.1 Å². The molecule has 0 unspecified atom stereocenters. The van der Waals surface area contributed by atoms with Crippen LogP contribution < -0.4 is 10.0 Å². The van der Waals surface area contributed by atoms with Crippen LogP contribution in [-0.4, -0.2) is 26.4 Å². The van der Waals surface area contributed by atoms with E-state index in [4.69, 9.17) is 0 Å². The van der Waals surface area contributed by atoms with Crippen molar-refractivity contribution in [2.45, 2.75) is 36.6 Å². The first kappa shape index (κ1) is 14.7. The Hall–Kier alpha value is -1.67. The standard InChI is InChI=1S/C12H17N3O4S/c1-13-11-7-6-10(8-12(11)15(16)17)20(18,19)14-9-4-2-3-5-9/h6-9,13-14H,2-5H2,1H3. The zero-order valence-electron chi connectivity index (χ0n) is 11.1. The molecule has 1 fully saturated rings. The predicted octanol–water partition coefficient (Wildman–Crippen LogP) is 1.86. The van der Waals surface area contributed by atoms with E-state index in [1.54, 1.807) is 7.05 Å². The topological polar surface area (TPSA) is 101 Å². The molecule has 1 aliphatic rings. The predicted molar refractivity (Wildman–Crippen MR) is 75.2 cm³/mol. The van der Waals surface area contributed by atoms with Gasteiger partial charge >= 0.3 is 0 Å². The zero-order valence-corrected chi connectivity index (χ0v) is 11.9. The molecule has 0 saturated heterocycles. The summed E-state index contributed by atoms with van der Waals surface area (Å²) in [7, 11) is -2.16. The number of hydrogen-bond donors (Lipinski definition) is 2. The summed E-state index contributed by atoms with van der Waals surface area (Å²) in [4.78, 5) is 10.3. The van der Waals surface area contributed by atoms with Crippen molar-refractivity contribution < 1.29 is 13.3 Å². The molecule has 0 aromatic heterocycles. The van der Waals surface area contributed by atoms with Crippen LogP contribution >= 0.6 is 0 Å². The third-order valence-electron chi connectivity index (χ3n) is 3.42. The van der Waals surface area contributed by atoms with Crippen molar-refractivity contribution in [3.8, 4) is 0 Å². The summed E-state index contributed by atoms with van der Waals surface area (Å²) in [6.45, 7) is 0. The van der Waals surface area contributed by atoms with E-state index in [-0.39, 0.29) is 22.3 Å². The van der Waals surface area contributed by atoms with Crippen molar-refractivity contribution >= 4 is 21.4 Å². The van der Waals surface area contributed by atoms with E-state index >= 15 is 0 Å². The van der Waals surface area contributed by atoms with Gasteiger partial charge in [0.05, 0.1) is 9.82 Å². The normalized spacial score (nSPS) is 16.2. The van der Waals surface area contributed by atoms with Gasteiger partial charge in [0.25, 0.3) is 5.69 Å². The first-order chi connectivity index (χ1) is 9.44. The van der Waals surface area contributed by atoms with Crippen molar-refractivity contribution in [3.05, 3.63) is 28.3 Å². The largest absolute Gasteiger partial charge is 0.383 e. The summed E-state index contributed by atoms with van der Waals surface area (Å²) in [5, 5.41) is 13.6. The van der Waals surface area contributed by atoms with E-state index in [9.17, 15) is 18.5 Å². The second-order valence-electron chi connectivity index (χ2n) is 4.79. The first-order valence-corrected chi connectivity index (χ1v) is 7.91. The van der Waals surface area contributed by atoms with Crippen molar-refractivity contribution in [1.29, 1.82) is 0 Å². The molecule has 0 atom stereocenters. The molecular weight excluding hydrogens is 282 g/mol. The molecule has 1 aromatic carbocycles. The molecule has 0 spiro atoms. The van der Waals surface area contributed by atoms with Crippen LogP contribution in [0.25, 0.3) is 0 Å². The second kappa shape index (κ2) is 5.76. The molecule has 0 bridgehead atoms. The van der Waals surface area contributed by atoms with Gasteiger partial charge in [0.15, 0.2) is 0 Å². The minimum atomic E-state index is -3.71. The molecule has 7 nitrogen and oxygen atoms in total. The molecule has 1 aromatic rings. The van der Waals surface area contributed by atoms with E-state index < -0.39 is 14.9 Å². The van der Waals surface area contributed by atoms with Crippen LogP contribution in [0.4, 0.5) is 11.4 Å². The fourth-order valence-corrected chi connectivity index (χ4v) is 3.70. The van der Waals surface area contributed by atoms with Gasteiger partial charge in [-0.3, -0.25) is 10.1 Å². The molecule has 20 heavy (non-hydrogen) atoms. The van der Waals surface area contributed by atoms with Gasteiger partial charge in [0.1, 0.15) is 5.69 Å². The fourth-order valence-electron chi connectivity index (χ4n) is 2.37. The highest BCUT2D eigenvalue weighted by molar-refractivity contribution is 7.89. The minimum absolute atomic E-state index is 0.0666. The monoisotopic (exact) mass is 299 g/mol. The maximum absolute atomic E-state index is 12.2. The molecule has 1 aliphatic carbocycles. The Morgan fingerprint density at radius 1 is 1.30 bits per heavy atom. The van der Waals surface area contributed by atoms with Crippen LogP contribution in [0.15, 0.2) is 23.1 Å². The van der Waals surface area contributed by atoms with Crippen LogP contribution in [0.2, 0.25) is 0 Å². The summed E-state index contributed by atoms with van der Waals surface area (Å²) in [6.07, 6.45) is 3.64. The molecule has 2 rings (SSSR count). The van der Waals surface area contributed by atoms with Crippen LogP contribution in [0, 0.1) is 10.1 Å². The Morgan fingerprint density at radius 3 is 2.50 bits per heavy atom. The summed E-state index contributed by atoms with van der Waals surface area (Å²) in [6, 6.07) is 3.80. The van der Waals surface area contributed by atoms with Gasteiger partial charge in [-0.2, -0.15) is 0 Å². The Bertz CT molecular complexity index is 609. The van der Waals surface area contributed by atoms with Crippen LogP contribution in [0.3, 0.4) is 0 Å². The SMILES string of the molecule is CNc1ccc(S(=O)(=O)NC2CCCC2)cc1[N+](=O)[O-]. The van der Waals surface area contributed by atoms with Crippen LogP contribution in [0.1, 0.15) is 25.7 Å². The number of benzene rings is 1. The van der Waals surface area contributed by atoms with Gasteiger partial charge in [0, 0.05) is 19.2 Å². The lowest BCUT2D eigenvalue weighted by Crippen LogP contribution is -2.32. The number of nitrogens with one attached hydrogen (secondary N) is 2. The molecule has 8 heteroatoms. The lowest BCUT2D eigenvalue weighted by atomic mass is 10.3. The summed E-state index contributed by atoms with van der Waals surface area (Å²) < 4.78 is 27.0. The number of nitrogens with zero attached hydrogens (tertiary/aromatic N) is 1. The van der Waals surface area contributed by atoms with Crippen molar-refractivity contribution in [2.24, 2.45) is 0 Å². The highest BCUT2D eigenvalue weighted by Crippen LogP contribution is 2.28. The number of anilines is 1. The summed E-state index contributed by atoms with van der Waals surface area (Å²) >= 11 is 0. The van der Waals surface area contributed by atoms with E-state index in [0.29, 0.717) is 0 Å². The first-order valence-electron chi connectivity index (χ1n) is 6.42. The average Bonchev–Trinajstić information content (AvgIpc) is 2.89. The Labute approximate surface area is 117 Å². The van der Waals surface area contributed by atoms with E-state index in [1.165, 1.54) is 12.1 Å². The average molecular weight is 299 g/mol. The Kier molecular flexibility index (Phi) is 4.24. The van der Waals surface area contributed by atoms with Crippen molar-refractivity contribution in [2.75, 3.05) is 12.4 Å². The Balaban J connectivity index is 2.31. The van der Waals surface area contributed by atoms with Gasteiger partial charge < -0.3 is 5.32 Å².